The number of alkyl halides is 4. The van der Waals surface area contributed by atoms with Crippen LogP contribution in [0.1, 0.15) is 30.3 Å². The normalized spacial score (nSPS) is 24.2. The fraction of sp³-hybridized carbons (Fsp3) is 0.556. The average molecular weight is 448 g/mol. The number of carbonyl (C=O) groups is 1. The van der Waals surface area contributed by atoms with Crippen LogP contribution in [0.2, 0.25) is 5.15 Å². The van der Waals surface area contributed by atoms with Gasteiger partial charge in [0.1, 0.15) is 23.2 Å². The van der Waals surface area contributed by atoms with E-state index < -0.39 is 48.7 Å². The molecule has 0 radical (unpaired) electrons. The third kappa shape index (κ3) is 3.94. The van der Waals surface area contributed by atoms with E-state index in [-0.39, 0.29) is 37.0 Å². The van der Waals surface area contributed by atoms with Gasteiger partial charge in [-0.2, -0.15) is 18.3 Å². The van der Waals surface area contributed by atoms with Crippen LogP contribution in [-0.4, -0.2) is 55.6 Å². The summed E-state index contributed by atoms with van der Waals surface area (Å²) in [5, 5.41) is 4.32. The number of rotatable bonds is 3. The second-order valence-corrected chi connectivity index (χ2v) is 7.97. The number of fused-ring (bicyclic) bond motifs is 1. The van der Waals surface area contributed by atoms with Crippen molar-refractivity contribution < 1.29 is 22.4 Å². The Balaban J connectivity index is 1.70. The molecule has 1 amide bonds. The van der Waals surface area contributed by atoms with Crippen molar-refractivity contribution in [3.8, 4) is 0 Å². The molecule has 1 fully saturated rings. The highest BCUT2D eigenvalue weighted by Crippen LogP contribution is 2.39. The second kappa shape index (κ2) is 7.68. The summed E-state index contributed by atoms with van der Waals surface area (Å²) in [6, 6.07) is 1.77. The van der Waals surface area contributed by atoms with Gasteiger partial charge < -0.3 is 4.90 Å². The van der Waals surface area contributed by atoms with Crippen LogP contribution in [0.5, 0.6) is 0 Å². The van der Waals surface area contributed by atoms with Crippen molar-refractivity contribution in [3.05, 3.63) is 45.4 Å². The van der Waals surface area contributed by atoms with E-state index in [9.17, 15) is 27.2 Å². The van der Waals surface area contributed by atoms with Crippen LogP contribution in [0.25, 0.3) is 0 Å². The van der Waals surface area contributed by atoms with E-state index in [1.165, 1.54) is 17.2 Å². The molecular formula is C18H18ClF4N5O2. The number of amides is 1. The van der Waals surface area contributed by atoms with Crippen LogP contribution < -0.4 is 5.69 Å². The molecule has 2 aliphatic heterocycles. The molecule has 3 atom stereocenters. The number of likely N-dealkylation sites (tertiary alicyclic amines) is 1. The molecular weight excluding hydrogens is 430 g/mol. The van der Waals surface area contributed by atoms with Gasteiger partial charge in [0.25, 0.3) is 0 Å². The number of pyridine rings is 1. The molecule has 30 heavy (non-hydrogen) atoms. The highest BCUT2D eigenvalue weighted by molar-refractivity contribution is 6.29. The molecule has 7 nitrogen and oxygen atoms in total. The van der Waals surface area contributed by atoms with Gasteiger partial charge in [-0.25, -0.2) is 18.9 Å². The van der Waals surface area contributed by atoms with Gasteiger partial charge in [-0.15, -0.1) is 0 Å². The lowest BCUT2D eigenvalue weighted by Gasteiger charge is -2.32. The maximum Gasteiger partial charge on any atom is 0.392 e. The molecule has 12 heteroatoms. The molecule has 4 rings (SSSR count). The van der Waals surface area contributed by atoms with E-state index in [0.29, 0.717) is 5.56 Å². The monoisotopic (exact) mass is 447 g/mol. The highest BCUT2D eigenvalue weighted by atomic mass is 35.5. The predicted octanol–water partition coefficient (Wildman–Crippen LogP) is 2.38. The van der Waals surface area contributed by atoms with Gasteiger partial charge >= 0.3 is 11.9 Å². The zero-order valence-corrected chi connectivity index (χ0v) is 16.4. The van der Waals surface area contributed by atoms with E-state index in [1.54, 1.807) is 6.07 Å². The maximum absolute atomic E-state index is 13.5. The van der Waals surface area contributed by atoms with Crippen molar-refractivity contribution in [2.45, 2.75) is 44.2 Å². The van der Waals surface area contributed by atoms with Gasteiger partial charge in [0.2, 0.25) is 5.91 Å². The van der Waals surface area contributed by atoms with Crippen LogP contribution >= 0.6 is 11.6 Å². The zero-order valence-electron chi connectivity index (χ0n) is 15.6. The molecule has 2 unspecified atom stereocenters. The molecule has 0 N–H and O–H groups in total. The minimum Gasteiger partial charge on any atom is -0.338 e. The summed E-state index contributed by atoms with van der Waals surface area (Å²) in [5.41, 5.74) is -0.109. The largest absolute Gasteiger partial charge is 0.392 e. The van der Waals surface area contributed by atoms with Crippen molar-refractivity contribution in [2.75, 3.05) is 13.1 Å². The fourth-order valence-corrected chi connectivity index (χ4v) is 4.07. The molecule has 2 aromatic rings. The van der Waals surface area contributed by atoms with Crippen LogP contribution in [0, 0.1) is 5.92 Å². The first-order valence-corrected chi connectivity index (χ1v) is 9.79. The van der Waals surface area contributed by atoms with Crippen molar-refractivity contribution in [3.63, 3.8) is 0 Å². The van der Waals surface area contributed by atoms with E-state index in [4.69, 9.17) is 11.6 Å². The number of aromatic nitrogens is 4. The summed E-state index contributed by atoms with van der Waals surface area (Å²) in [6.45, 7) is -0.0978. The Morgan fingerprint density at radius 1 is 1.30 bits per heavy atom. The molecule has 2 aliphatic rings. The van der Waals surface area contributed by atoms with E-state index in [0.717, 1.165) is 9.25 Å². The van der Waals surface area contributed by atoms with Gasteiger partial charge in [-0.05, 0) is 24.5 Å². The van der Waals surface area contributed by atoms with Crippen LogP contribution in [0.3, 0.4) is 0 Å². The summed E-state index contributed by atoms with van der Waals surface area (Å²) in [4.78, 5) is 30.9. The summed E-state index contributed by atoms with van der Waals surface area (Å²) in [5.74, 6) is -2.60. The number of halogens is 5. The third-order valence-corrected chi connectivity index (χ3v) is 5.72. The minimum absolute atomic E-state index is 0.0309. The summed E-state index contributed by atoms with van der Waals surface area (Å²) in [6.07, 6.45) is -5.27. The van der Waals surface area contributed by atoms with Crippen molar-refractivity contribution >= 4 is 17.5 Å². The van der Waals surface area contributed by atoms with Gasteiger partial charge in [-0.1, -0.05) is 17.7 Å². The van der Waals surface area contributed by atoms with Gasteiger partial charge in [0.15, 0.2) is 0 Å². The Hall–Kier alpha value is -2.43. The van der Waals surface area contributed by atoms with Crippen LogP contribution in [0.15, 0.2) is 23.1 Å². The summed E-state index contributed by atoms with van der Waals surface area (Å²) >= 11 is 5.74. The van der Waals surface area contributed by atoms with Crippen LogP contribution in [0.4, 0.5) is 17.6 Å². The molecule has 1 saturated heterocycles. The first kappa shape index (κ1) is 20.8. The lowest BCUT2D eigenvalue weighted by atomic mass is 9.91. The predicted molar refractivity (Wildman–Crippen MR) is 97.8 cm³/mol. The van der Waals surface area contributed by atoms with Gasteiger partial charge in [-0.3, -0.25) is 9.36 Å². The van der Waals surface area contributed by atoms with Crippen molar-refractivity contribution in [1.82, 2.24) is 24.2 Å². The van der Waals surface area contributed by atoms with Crippen molar-refractivity contribution in [2.24, 2.45) is 5.92 Å². The third-order valence-electron chi connectivity index (χ3n) is 5.50. The SMILES string of the molecule is O=C(C1CC(C(F)(F)F)Cc2nn(Cc3ccc(Cl)nc3)c(=O)n21)N1CC[C@@H](F)C1. The average Bonchev–Trinajstić information content (AvgIpc) is 3.25. The Bertz CT molecular complexity index is 1000. The standard InChI is InChI=1S/C18H18ClF4N5O2/c19-14-2-1-10(7-24-14)8-27-17(30)28-13(16(29)26-4-3-12(20)9-26)5-11(18(21,22)23)6-15(28)25-27/h1-2,7,11-13H,3-6,8-9H2/t11?,12-,13?/m1/s1. The lowest BCUT2D eigenvalue weighted by Crippen LogP contribution is -2.45. The number of carbonyl (C=O) groups excluding carboxylic acids is 1. The molecule has 0 bridgehead atoms. The van der Waals surface area contributed by atoms with Gasteiger partial charge in [0.05, 0.1) is 19.0 Å². The van der Waals surface area contributed by atoms with E-state index in [1.807, 2.05) is 0 Å². The minimum atomic E-state index is -4.54. The fourth-order valence-electron chi connectivity index (χ4n) is 3.96. The number of hydrogen-bond acceptors (Lipinski definition) is 4. The molecule has 0 aromatic carbocycles. The number of nitrogens with zero attached hydrogens (tertiary/aromatic N) is 5. The zero-order chi connectivity index (χ0) is 21.6. The smallest absolute Gasteiger partial charge is 0.338 e. The Kier molecular flexibility index (Phi) is 5.33. The summed E-state index contributed by atoms with van der Waals surface area (Å²) in [7, 11) is 0. The molecule has 0 aliphatic carbocycles. The molecule has 4 heterocycles. The van der Waals surface area contributed by atoms with E-state index >= 15 is 0 Å². The lowest BCUT2D eigenvalue weighted by molar-refractivity contribution is -0.183. The molecule has 0 spiro atoms. The van der Waals surface area contributed by atoms with Gasteiger partial charge in [0, 0.05) is 19.2 Å². The topological polar surface area (TPSA) is 73.0 Å². The molecule has 162 valence electrons. The van der Waals surface area contributed by atoms with Crippen LogP contribution in [-0.2, 0) is 17.8 Å². The Labute approximate surface area is 173 Å². The van der Waals surface area contributed by atoms with Crippen molar-refractivity contribution in [1.29, 1.82) is 0 Å². The molecule has 2 aromatic heterocycles. The Morgan fingerprint density at radius 3 is 2.67 bits per heavy atom. The first-order chi connectivity index (χ1) is 14.1. The highest BCUT2D eigenvalue weighted by Gasteiger charge is 2.48. The number of hydrogen-bond donors (Lipinski definition) is 0. The quantitative estimate of drug-likeness (QED) is 0.535. The summed E-state index contributed by atoms with van der Waals surface area (Å²) < 4.78 is 56.0. The Morgan fingerprint density at radius 2 is 2.07 bits per heavy atom. The second-order valence-electron chi connectivity index (χ2n) is 7.58. The van der Waals surface area contributed by atoms with E-state index in [2.05, 4.69) is 10.1 Å². The molecule has 0 saturated carbocycles. The maximum atomic E-state index is 13.5. The first-order valence-electron chi connectivity index (χ1n) is 9.41.